The van der Waals surface area contributed by atoms with Gasteiger partial charge in [-0.15, -0.1) is 0 Å². The van der Waals surface area contributed by atoms with E-state index in [1.165, 1.54) is 5.56 Å². The third-order valence-electron chi connectivity index (χ3n) is 4.94. The smallest absolute Gasteiger partial charge is 0.196 e. The fraction of sp³-hybridized carbons (Fsp3) is 0.250. The predicted octanol–water partition coefficient (Wildman–Crippen LogP) is 3.09. The van der Waals surface area contributed by atoms with Crippen LogP contribution in [-0.2, 0) is 6.54 Å². The van der Waals surface area contributed by atoms with E-state index in [0.717, 1.165) is 60.6 Å². The second-order valence-corrected chi connectivity index (χ2v) is 6.60. The van der Waals surface area contributed by atoms with Gasteiger partial charge in [-0.1, -0.05) is 18.2 Å². The van der Waals surface area contributed by atoms with E-state index in [9.17, 15) is 0 Å². The number of para-hydroxylation sites is 1. The highest BCUT2D eigenvalue weighted by molar-refractivity contribution is 6.05. The molecule has 0 aliphatic carbocycles. The van der Waals surface area contributed by atoms with Gasteiger partial charge in [-0.05, 0) is 23.8 Å². The van der Waals surface area contributed by atoms with Gasteiger partial charge in [-0.3, -0.25) is 9.88 Å². The van der Waals surface area contributed by atoms with Crippen LogP contribution < -0.4 is 4.90 Å². The van der Waals surface area contributed by atoms with Crippen LogP contribution in [0.1, 0.15) is 5.56 Å². The van der Waals surface area contributed by atoms with E-state index < -0.39 is 0 Å². The zero-order valence-electron chi connectivity index (χ0n) is 14.4. The maximum Gasteiger partial charge on any atom is 0.196 e. The topological polar surface area (TPSA) is 58.3 Å². The second kappa shape index (κ2) is 6.38. The molecule has 1 aliphatic rings. The summed E-state index contributed by atoms with van der Waals surface area (Å²) in [6.07, 6.45) is 5.39. The van der Waals surface area contributed by atoms with Crippen molar-refractivity contribution in [3.63, 3.8) is 0 Å². The third kappa shape index (κ3) is 2.68. The predicted molar refractivity (Wildman–Crippen MR) is 101 cm³/mol. The molecule has 0 unspecified atom stereocenters. The van der Waals surface area contributed by atoms with Crippen molar-refractivity contribution in [1.29, 1.82) is 0 Å². The largest absolute Gasteiger partial charge is 0.450 e. The quantitative estimate of drug-likeness (QED) is 0.569. The van der Waals surface area contributed by atoms with Gasteiger partial charge in [0.2, 0.25) is 0 Å². The highest BCUT2D eigenvalue weighted by Gasteiger charge is 2.22. The third-order valence-corrected chi connectivity index (χ3v) is 4.94. The lowest BCUT2D eigenvalue weighted by molar-refractivity contribution is 0.249. The summed E-state index contributed by atoms with van der Waals surface area (Å²) in [5, 5.41) is 1.04. The molecule has 0 saturated carbocycles. The van der Waals surface area contributed by atoms with Gasteiger partial charge in [0.05, 0.1) is 0 Å². The maximum atomic E-state index is 6.07. The van der Waals surface area contributed by atoms with Gasteiger partial charge >= 0.3 is 0 Å². The number of hydrogen-bond acceptors (Lipinski definition) is 6. The first kappa shape index (κ1) is 15.3. The lowest BCUT2D eigenvalue weighted by Crippen LogP contribution is -2.46. The molecule has 6 heteroatoms. The molecule has 0 radical (unpaired) electrons. The summed E-state index contributed by atoms with van der Waals surface area (Å²) in [6, 6.07) is 12.1. The van der Waals surface area contributed by atoms with Crippen LogP contribution in [0.4, 0.5) is 5.82 Å². The molecule has 6 nitrogen and oxygen atoms in total. The molecule has 4 heterocycles. The van der Waals surface area contributed by atoms with E-state index in [0.29, 0.717) is 0 Å². The molecule has 5 rings (SSSR count). The number of pyridine rings is 1. The molecule has 1 fully saturated rings. The molecule has 0 amide bonds. The van der Waals surface area contributed by atoms with E-state index >= 15 is 0 Å². The van der Waals surface area contributed by atoms with Gasteiger partial charge in [0.1, 0.15) is 17.4 Å². The first-order valence-corrected chi connectivity index (χ1v) is 8.87. The number of furan rings is 1. The fourth-order valence-electron chi connectivity index (χ4n) is 3.60. The molecule has 1 aromatic carbocycles. The normalized spacial score (nSPS) is 15.8. The van der Waals surface area contributed by atoms with Gasteiger partial charge in [-0.25, -0.2) is 9.97 Å². The molecule has 1 saturated heterocycles. The number of aromatic nitrogens is 3. The van der Waals surface area contributed by atoms with Crippen molar-refractivity contribution < 1.29 is 4.42 Å². The Kier molecular flexibility index (Phi) is 3.75. The minimum atomic E-state index is 0.786. The van der Waals surface area contributed by atoms with Crippen LogP contribution in [0.5, 0.6) is 0 Å². The molecule has 1 aliphatic heterocycles. The number of piperazine rings is 1. The van der Waals surface area contributed by atoms with Gasteiger partial charge in [0.25, 0.3) is 0 Å². The maximum absolute atomic E-state index is 6.07. The van der Waals surface area contributed by atoms with E-state index in [1.807, 2.05) is 42.7 Å². The zero-order valence-corrected chi connectivity index (χ0v) is 14.4. The highest BCUT2D eigenvalue weighted by atomic mass is 16.3. The van der Waals surface area contributed by atoms with Gasteiger partial charge in [0, 0.05) is 50.5 Å². The minimum Gasteiger partial charge on any atom is -0.450 e. The van der Waals surface area contributed by atoms with Crippen LogP contribution in [0.15, 0.2) is 59.5 Å². The van der Waals surface area contributed by atoms with E-state index in [-0.39, 0.29) is 0 Å². The van der Waals surface area contributed by atoms with Crippen LogP contribution in [0, 0.1) is 0 Å². The zero-order chi connectivity index (χ0) is 17.3. The Labute approximate surface area is 151 Å². The monoisotopic (exact) mass is 345 g/mol. The number of anilines is 1. The molecule has 0 bridgehead atoms. The van der Waals surface area contributed by atoms with Crippen LogP contribution in [0.3, 0.4) is 0 Å². The van der Waals surface area contributed by atoms with E-state index in [2.05, 4.69) is 30.8 Å². The van der Waals surface area contributed by atoms with Crippen LogP contribution >= 0.6 is 0 Å². The standard InChI is InChI=1S/C20H19N5O/c1-2-6-17-16(5-1)18-19(26-17)20(23-14-22-18)25-10-8-24(9-11-25)13-15-4-3-7-21-12-15/h1-7,12,14H,8-11,13H2. The molecule has 130 valence electrons. The van der Waals surface area contributed by atoms with Crippen molar-refractivity contribution in [2.45, 2.75) is 6.54 Å². The van der Waals surface area contributed by atoms with Crippen molar-refractivity contribution in [3.8, 4) is 0 Å². The van der Waals surface area contributed by atoms with Crippen LogP contribution in [-0.4, -0.2) is 46.0 Å². The molecule has 0 atom stereocenters. The second-order valence-electron chi connectivity index (χ2n) is 6.60. The van der Waals surface area contributed by atoms with Crippen molar-refractivity contribution in [3.05, 3.63) is 60.7 Å². The summed E-state index contributed by atoms with van der Waals surface area (Å²) in [5.74, 6) is 0.896. The summed E-state index contributed by atoms with van der Waals surface area (Å²) in [6.45, 7) is 4.75. The summed E-state index contributed by atoms with van der Waals surface area (Å²) in [4.78, 5) is 17.9. The van der Waals surface area contributed by atoms with Crippen molar-refractivity contribution in [1.82, 2.24) is 19.9 Å². The van der Waals surface area contributed by atoms with Crippen LogP contribution in [0.2, 0.25) is 0 Å². The van der Waals surface area contributed by atoms with E-state index in [1.54, 1.807) is 6.33 Å². The fourth-order valence-corrected chi connectivity index (χ4v) is 3.60. The summed E-state index contributed by atoms with van der Waals surface area (Å²) in [5.41, 5.74) is 3.79. The Morgan fingerprint density at radius 2 is 1.85 bits per heavy atom. The number of nitrogens with zero attached hydrogens (tertiary/aromatic N) is 5. The summed E-state index contributed by atoms with van der Waals surface area (Å²) >= 11 is 0. The minimum absolute atomic E-state index is 0.786. The number of rotatable bonds is 3. The Morgan fingerprint density at radius 3 is 2.69 bits per heavy atom. The first-order valence-electron chi connectivity index (χ1n) is 8.87. The summed E-state index contributed by atoms with van der Waals surface area (Å²) < 4.78 is 6.07. The first-order chi connectivity index (χ1) is 12.9. The SMILES string of the molecule is c1cncc(CN2CCN(c3ncnc4c3oc3ccccc34)CC2)c1. The van der Waals surface area contributed by atoms with E-state index in [4.69, 9.17) is 4.42 Å². The average molecular weight is 345 g/mol. The Hall–Kier alpha value is -2.99. The molecular weight excluding hydrogens is 326 g/mol. The highest BCUT2D eigenvalue weighted by Crippen LogP contribution is 2.32. The van der Waals surface area contributed by atoms with Crippen molar-refractivity contribution in [2.24, 2.45) is 0 Å². The Morgan fingerprint density at radius 1 is 0.962 bits per heavy atom. The van der Waals surface area contributed by atoms with Gasteiger partial charge < -0.3 is 9.32 Å². The Balaban J connectivity index is 1.38. The molecule has 26 heavy (non-hydrogen) atoms. The summed E-state index contributed by atoms with van der Waals surface area (Å²) in [7, 11) is 0. The molecule has 0 N–H and O–H groups in total. The number of fused-ring (bicyclic) bond motifs is 3. The van der Waals surface area contributed by atoms with Crippen molar-refractivity contribution in [2.75, 3.05) is 31.1 Å². The number of benzene rings is 1. The number of hydrogen-bond donors (Lipinski definition) is 0. The van der Waals surface area contributed by atoms with Crippen molar-refractivity contribution >= 4 is 27.9 Å². The molecule has 0 spiro atoms. The van der Waals surface area contributed by atoms with Gasteiger partial charge in [-0.2, -0.15) is 0 Å². The lowest BCUT2D eigenvalue weighted by atomic mass is 10.2. The van der Waals surface area contributed by atoms with Crippen LogP contribution in [0.25, 0.3) is 22.1 Å². The molecule has 4 aromatic rings. The van der Waals surface area contributed by atoms with Gasteiger partial charge in [0.15, 0.2) is 11.4 Å². The Bertz CT molecular complexity index is 1040. The molecule has 3 aromatic heterocycles. The molecular formula is C20H19N5O. The lowest BCUT2D eigenvalue weighted by Gasteiger charge is -2.35. The average Bonchev–Trinajstić information content (AvgIpc) is 3.08.